The lowest BCUT2D eigenvalue weighted by atomic mass is 10.2. The summed E-state index contributed by atoms with van der Waals surface area (Å²) in [5, 5.41) is 11.7. The predicted octanol–water partition coefficient (Wildman–Crippen LogP) is 2.64. The summed E-state index contributed by atoms with van der Waals surface area (Å²) in [7, 11) is 2.96. The third-order valence-electron chi connectivity index (χ3n) is 3.40. The van der Waals surface area contributed by atoms with Gasteiger partial charge in [0.25, 0.3) is 5.91 Å². The normalized spacial score (nSPS) is 11.8. The topological polar surface area (TPSA) is 84.9 Å². The third kappa shape index (κ3) is 4.33. The maximum atomic E-state index is 12.5. The predicted molar refractivity (Wildman–Crippen MR) is 91.7 cm³/mol. The summed E-state index contributed by atoms with van der Waals surface area (Å²) in [5.41, 5.74) is 0.967. The van der Waals surface area contributed by atoms with Crippen LogP contribution in [-0.2, 0) is 9.53 Å². The van der Waals surface area contributed by atoms with E-state index in [1.807, 2.05) is 30.3 Å². The highest BCUT2D eigenvalue weighted by molar-refractivity contribution is 7.17. The largest absolute Gasteiger partial charge is 0.495 e. The number of amides is 1. The lowest BCUT2D eigenvalue weighted by molar-refractivity contribution is -0.139. The fraction of sp³-hybridized carbons (Fsp3) is 0.294. The van der Waals surface area contributed by atoms with Gasteiger partial charge in [-0.05, 0) is 11.6 Å². The Bertz CT molecular complexity index is 698. The highest BCUT2D eigenvalue weighted by Gasteiger charge is 2.24. The summed E-state index contributed by atoms with van der Waals surface area (Å²) in [6.07, 6.45) is 0.191. The monoisotopic (exact) mass is 349 g/mol. The fourth-order valence-corrected chi connectivity index (χ4v) is 3.18. The van der Waals surface area contributed by atoms with E-state index in [4.69, 9.17) is 9.47 Å². The molecule has 0 fully saturated rings. The van der Waals surface area contributed by atoms with Crippen LogP contribution >= 0.6 is 11.3 Å². The van der Waals surface area contributed by atoms with Gasteiger partial charge in [0.05, 0.1) is 7.11 Å². The van der Waals surface area contributed by atoms with Gasteiger partial charge in [-0.25, -0.2) is 4.79 Å². The number of carbonyl (C=O) groups is 2. The van der Waals surface area contributed by atoms with E-state index in [2.05, 4.69) is 5.32 Å². The fourth-order valence-electron chi connectivity index (χ4n) is 2.15. The molecular weight excluding hydrogens is 330 g/mol. The minimum absolute atomic E-state index is 0.191. The number of benzene rings is 1. The number of hydrogen-bond donors (Lipinski definition) is 2. The quantitative estimate of drug-likeness (QED) is 0.765. The maximum absolute atomic E-state index is 12.5. The Morgan fingerprint density at radius 2 is 1.96 bits per heavy atom. The van der Waals surface area contributed by atoms with E-state index >= 15 is 0 Å². The van der Waals surface area contributed by atoms with Gasteiger partial charge in [-0.15, -0.1) is 11.3 Å². The zero-order chi connectivity index (χ0) is 17.5. The smallest absolute Gasteiger partial charge is 0.326 e. The second-order valence-electron chi connectivity index (χ2n) is 5.02. The first kappa shape index (κ1) is 18.0. The first-order valence-corrected chi connectivity index (χ1v) is 8.14. The summed E-state index contributed by atoms with van der Waals surface area (Å²) in [5.74, 6) is -1.14. The lowest BCUT2D eigenvalue weighted by Crippen LogP contribution is -2.41. The van der Waals surface area contributed by atoms with E-state index in [1.165, 1.54) is 25.6 Å². The molecule has 1 amide bonds. The molecule has 1 unspecified atom stereocenters. The van der Waals surface area contributed by atoms with Crippen molar-refractivity contribution in [2.75, 3.05) is 20.8 Å². The molecule has 0 aliphatic heterocycles. The molecule has 128 valence electrons. The third-order valence-corrected chi connectivity index (χ3v) is 4.56. The highest BCUT2D eigenvalue weighted by Crippen LogP contribution is 2.36. The van der Waals surface area contributed by atoms with Crippen molar-refractivity contribution in [3.8, 4) is 16.2 Å². The van der Waals surface area contributed by atoms with Crippen LogP contribution in [-0.4, -0.2) is 43.9 Å². The molecule has 0 radical (unpaired) electrons. The highest BCUT2D eigenvalue weighted by atomic mass is 32.1. The van der Waals surface area contributed by atoms with Gasteiger partial charge in [0.15, 0.2) is 0 Å². The van der Waals surface area contributed by atoms with Crippen molar-refractivity contribution in [2.24, 2.45) is 0 Å². The summed E-state index contributed by atoms with van der Waals surface area (Å²) >= 11 is 1.26. The van der Waals surface area contributed by atoms with E-state index in [0.717, 1.165) is 10.4 Å². The van der Waals surface area contributed by atoms with E-state index in [0.29, 0.717) is 10.6 Å². The SMILES string of the molecule is COCCC(NC(=O)c1sc(-c2ccccc2)cc1OC)C(=O)O. The van der Waals surface area contributed by atoms with Gasteiger partial charge < -0.3 is 19.9 Å². The number of carbonyl (C=O) groups excluding carboxylic acids is 1. The van der Waals surface area contributed by atoms with Crippen molar-refractivity contribution in [2.45, 2.75) is 12.5 Å². The van der Waals surface area contributed by atoms with Crippen molar-refractivity contribution in [1.82, 2.24) is 5.32 Å². The molecule has 7 heteroatoms. The Kier molecular flexibility index (Phi) is 6.34. The number of ether oxygens (including phenoxy) is 2. The summed E-state index contributed by atoms with van der Waals surface area (Å²) < 4.78 is 10.1. The lowest BCUT2D eigenvalue weighted by Gasteiger charge is -2.13. The Balaban J connectivity index is 2.22. The number of carboxylic acid groups (broad SMARTS) is 1. The van der Waals surface area contributed by atoms with Crippen LogP contribution in [0.3, 0.4) is 0 Å². The number of aliphatic carboxylic acids is 1. The molecule has 1 atom stereocenters. The van der Waals surface area contributed by atoms with Crippen LogP contribution in [0.5, 0.6) is 5.75 Å². The van der Waals surface area contributed by atoms with Crippen LogP contribution in [0.4, 0.5) is 0 Å². The van der Waals surface area contributed by atoms with Crippen LogP contribution in [0.25, 0.3) is 10.4 Å². The van der Waals surface area contributed by atoms with Gasteiger partial charge in [0.2, 0.25) is 0 Å². The van der Waals surface area contributed by atoms with Crippen LogP contribution in [0.2, 0.25) is 0 Å². The Morgan fingerprint density at radius 3 is 2.54 bits per heavy atom. The van der Waals surface area contributed by atoms with Crippen LogP contribution in [0, 0.1) is 0 Å². The molecule has 0 saturated carbocycles. The van der Waals surface area contributed by atoms with Gasteiger partial charge in [0.1, 0.15) is 16.7 Å². The molecule has 2 N–H and O–H groups in total. The van der Waals surface area contributed by atoms with Crippen LogP contribution in [0.15, 0.2) is 36.4 Å². The average Bonchev–Trinajstić information content (AvgIpc) is 3.03. The number of methoxy groups -OCH3 is 2. The molecule has 0 bridgehead atoms. The molecule has 1 aromatic heterocycles. The van der Waals surface area contributed by atoms with Gasteiger partial charge >= 0.3 is 5.97 Å². The maximum Gasteiger partial charge on any atom is 0.326 e. The number of nitrogens with one attached hydrogen (secondary N) is 1. The molecule has 0 saturated heterocycles. The van der Waals surface area contributed by atoms with Crippen LogP contribution in [0.1, 0.15) is 16.1 Å². The molecule has 0 aliphatic carbocycles. The molecule has 1 aromatic carbocycles. The second kappa shape index (κ2) is 8.47. The summed E-state index contributed by atoms with van der Waals surface area (Å²) in [6.45, 7) is 0.244. The van der Waals surface area contributed by atoms with Gasteiger partial charge in [-0.1, -0.05) is 30.3 Å². The minimum atomic E-state index is -1.10. The molecule has 0 aliphatic rings. The number of thiophene rings is 1. The first-order valence-electron chi connectivity index (χ1n) is 7.32. The number of hydrogen-bond acceptors (Lipinski definition) is 5. The Labute approximate surface area is 144 Å². The Morgan fingerprint density at radius 1 is 1.25 bits per heavy atom. The molecule has 0 spiro atoms. The summed E-state index contributed by atoms with van der Waals surface area (Å²) in [4.78, 5) is 24.9. The first-order chi connectivity index (χ1) is 11.6. The minimum Gasteiger partial charge on any atom is -0.495 e. The standard InChI is InChI=1S/C17H19NO5S/c1-22-9-8-12(17(20)21)18-16(19)15-13(23-2)10-14(24-15)11-6-4-3-5-7-11/h3-7,10,12H,8-9H2,1-2H3,(H,18,19)(H,20,21). The second-order valence-corrected chi connectivity index (χ2v) is 6.07. The molecule has 2 aromatic rings. The number of rotatable bonds is 8. The average molecular weight is 349 g/mol. The van der Waals surface area contributed by atoms with E-state index in [-0.39, 0.29) is 13.0 Å². The van der Waals surface area contributed by atoms with Crippen molar-refractivity contribution in [3.63, 3.8) is 0 Å². The van der Waals surface area contributed by atoms with Crippen molar-refractivity contribution in [3.05, 3.63) is 41.3 Å². The molecule has 24 heavy (non-hydrogen) atoms. The van der Waals surface area contributed by atoms with Crippen LogP contribution < -0.4 is 10.1 Å². The van der Waals surface area contributed by atoms with E-state index in [9.17, 15) is 14.7 Å². The molecule has 6 nitrogen and oxygen atoms in total. The molecule has 1 heterocycles. The van der Waals surface area contributed by atoms with Crippen molar-refractivity contribution in [1.29, 1.82) is 0 Å². The number of carboxylic acids is 1. The zero-order valence-corrected chi connectivity index (χ0v) is 14.3. The van der Waals surface area contributed by atoms with Gasteiger partial charge in [-0.2, -0.15) is 0 Å². The van der Waals surface area contributed by atoms with E-state index < -0.39 is 17.9 Å². The Hall–Kier alpha value is -2.38. The van der Waals surface area contributed by atoms with Gasteiger partial charge in [-0.3, -0.25) is 4.79 Å². The molecular formula is C17H19NO5S. The van der Waals surface area contributed by atoms with Crippen molar-refractivity contribution < 1.29 is 24.2 Å². The van der Waals surface area contributed by atoms with E-state index in [1.54, 1.807) is 6.07 Å². The summed E-state index contributed by atoms with van der Waals surface area (Å²) in [6, 6.07) is 10.4. The van der Waals surface area contributed by atoms with Gasteiger partial charge in [0, 0.05) is 25.0 Å². The van der Waals surface area contributed by atoms with Crippen molar-refractivity contribution >= 4 is 23.2 Å². The zero-order valence-electron chi connectivity index (χ0n) is 13.4. The molecule has 2 rings (SSSR count).